The van der Waals surface area contributed by atoms with Crippen LogP contribution >= 0.6 is 11.3 Å². The van der Waals surface area contributed by atoms with E-state index >= 15 is 0 Å². The third-order valence-corrected chi connectivity index (χ3v) is 5.33. The van der Waals surface area contributed by atoms with E-state index in [0.717, 1.165) is 38.6 Å². The normalized spacial score (nSPS) is 18.9. The molecule has 3 heterocycles. The van der Waals surface area contributed by atoms with Gasteiger partial charge in [0.2, 0.25) is 0 Å². The highest BCUT2D eigenvalue weighted by molar-refractivity contribution is 7.20. The Balaban J connectivity index is 1.97. The van der Waals surface area contributed by atoms with Gasteiger partial charge in [-0.25, -0.2) is 9.97 Å². The molecule has 0 bridgehead atoms. The second-order valence-electron chi connectivity index (χ2n) is 5.74. The monoisotopic (exact) mass is 319 g/mol. The van der Waals surface area contributed by atoms with Crippen molar-refractivity contribution < 1.29 is 9.53 Å². The highest BCUT2D eigenvalue weighted by Crippen LogP contribution is 2.32. The molecule has 1 amide bonds. The first-order valence-electron chi connectivity index (χ1n) is 7.66. The van der Waals surface area contributed by atoms with Crippen LogP contribution in [0.15, 0.2) is 0 Å². The summed E-state index contributed by atoms with van der Waals surface area (Å²) in [4.78, 5) is 25.4. The summed E-state index contributed by atoms with van der Waals surface area (Å²) in [6, 6.07) is 0. The molecule has 1 aliphatic rings. The van der Waals surface area contributed by atoms with E-state index in [1.165, 1.54) is 11.3 Å². The number of ether oxygens (including phenoxy) is 1. The maximum absolute atomic E-state index is 12.9. The number of hydrogen-bond donors (Lipinski definition) is 0. The molecule has 2 aromatic heterocycles. The van der Waals surface area contributed by atoms with Gasteiger partial charge < -0.3 is 9.64 Å². The first kappa shape index (κ1) is 15.4. The number of carbonyl (C=O) groups excluding carboxylic acids is 1. The van der Waals surface area contributed by atoms with E-state index in [4.69, 9.17) is 4.74 Å². The van der Waals surface area contributed by atoms with Crippen molar-refractivity contribution in [3.8, 4) is 0 Å². The minimum absolute atomic E-state index is 0.0966. The number of hydrogen-bond acceptors (Lipinski definition) is 5. The van der Waals surface area contributed by atoms with Crippen LogP contribution in [0.1, 0.15) is 40.1 Å². The summed E-state index contributed by atoms with van der Waals surface area (Å²) in [5, 5.41) is 1.03. The number of thiophene rings is 1. The van der Waals surface area contributed by atoms with Crippen LogP contribution in [0.4, 0.5) is 0 Å². The zero-order chi connectivity index (χ0) is 15.9. The van der Waals surface area contributed by atoms with Gasteiger partial charge in [0.05, 0.1) is 17.6 Å². The molecule has 22 heavy (non-hydrogen) atoms. The van der Waals surface area contributed by atoms with Crippen LogP contribution in [0.3, 0.4) is 0 Å². The maximum Gasteiger partial charge on any atom is 0.264 e. The summed E-state index contributed by atoms with van der Waals surface area (Å²) >= 11 is 1.48. The summed E-state index contributed by atoms with van der Waals surface area (Å²) in [5.74, 6) is 0.849. The van der Waals surface area contributed by atoms with Crippen molar-refractivity contribution in [3.05, 3.63) is 22.0 Å². The first-order chi connectivity index (χ1) is 10.5. The Kier molecular flexibility index (Phi) is 4.14. The smallest absolute Gasteiger partial charge is 0.264 e. The summed E-state index contributed by atoms with van der Waals surface area (Å²) in [5.41, 5.74) is 1.95. The van der Waals surface area contributed by atoms with Gasteiger partial charge in [0.25, 0.3) is 5.91 Å². The van der Waals surface area contributed by atoms with Crippen LogP contribution in [0.5, 0.6) is 0 Å². The van der Waals surface area contributed by atoms with Crippen LogP contribution in [-0.2, 0) is 4.74 Å². The highest BCUT2D eigenvalue weighted by Gasteiger charge is 2.27. The first-order valence-corrected chi connectivity index (χ1v) is 8.48. The fraction of sp³-hybridized carbons (Fsp3) is 0.562. The van der Waals surface area contributed by atoms with Crippen LogP contribution in [-0.4, -0.2) is 46.6 Å². The molecular formula is C16H21N3O2S. The van der Waals surface area contributed by atoms with Gasteiger partial charge in [-0.15, -0.1) is 11.3 Å². The SMILES string of the molecule is CCC1CN(C(=O)c2sc3nc(C)nc(C)c3c2C)CCO1. The van der Waals surface area contributed by atoms with Crippen molar-refractivity contribution in [3.63, 3.8) is 0 Å². The fourth-order valence-corrected chi connectivity index (χ4v) is 4.22. The number of aryl methyl sites for hydroxylation is 3. The summed E-state index contributed by atoms with van der Waals surface area (Å²) in [7, 11) is 0. The van der Waals surface area contributed by atoms with Crippen molar-refractivity contribution in [2.45, 2.75) is 40.2 Å². The average Bonchev–Trinajstić information content (AvgIpc) is 2.83. The van der Waals surface area contributed by atoms with E-state index in [1.54, 1.807) is 0 Å². The predicted molar refractivity (Wildman–Crippen MR) is 87.6 cm³/mol. The Morgan fingerprint density at radius 3 is 2.86 bits per heavy atom. The number of morpholine rings is 1. The van der Waals surface area contributed by atoms with E-state index in [0.29, 0.717) is 19.7 Å². The lowest BCUT2D eigenvalue weighted by Crippen LogP contribution is -2.45. The molecular weight excluding hydrogens is 298 g/mol. The molecule has 3 rings (SSSR count). The molecule has 1 aliphatic heterocycles. The third kappa shape index (κ3) is 2.61. The van der Waals surface area contributed by atoms with Gasteiger partial charge in [-0.2, -0.15) is 0 Å². The number of fused-ring (bicyclic) bond motifs is 1. The number of carbonyl (C=O) groups is 1. The number of aromatic nitrogens is 2. The molecule has 1 atom stereocenters. The van der Waals surface area contributed by atoms with Crippen molar-refractivity contribution in [2.24, 2.45) is 0 Å². The molecule has 0 N–H and O–H groups in total. The largest absolute Gasteiger partial charge is 0.375 e. The lowest BCUT2D eigenvalue weighted by atomic mass is 10.1. The molecule has 5 nitrogen and oxygen atoms in total. The van der Waals surface area contributed by atoms with Gasteiger partial charge in [0.1, 0.15) is 10.7 Å². The predicted octanol–water partition coefficient (Wildman–Crippen LogP) is 2.87. The van der Waals surface area contributed by atoms with Crippen LogP contribution in [0, 0.1) is 20.8 Å². The Labute approximate surface area is 134 Å². The number of rotatable bonds is 2. The average molecular weight is 319 g/mol. The van der Waals surface area contributed by atoms with Gasteiger partial charge >= 0.3 is 0 Å². The summed E-state index contributed by atoms with van der Waals surface area (Å²) in [6.07, 6.45) is 1.08. The molecule has 1 saturated heterocycles. The zero-order valence-electron chi connectivity index (χ0n) is 13.5. The van der Waals surface area contributed by atoms with Gasteiger partial charge in [-0.1, -0.05) is 6.92 Å². The lowest BCUT2D eigenvalue weighted by Gasteiger charge is -2.32. The molecule has 118 valence electrons. The van der Waals surface area contributed by atoms with Gasteiger partial charge in [-0.05, 0) is 32.8 Å². The molecule has 0 spiro atoms. The molecule has 1 unspecified atom stereocenters. The Bertz CT molecular complexity index is 726. The number of amides is 1. The Morgan fingerprint density at radius 2 is 2.14 bits per heavy atom. The second kappa shape index (κ2) is 5.93. The van der Waals surface area contributed by atoms with Crippen molar-refractivity contribution in [1.29, 1.82) is 0 Å². The lowest BCUT2D eigenvalue weighted by molar-refractivity contribution is -0.0224. The number of nitrogens with zero attached hydrogens (tertiary/aromatic N) is 3. The summed E-state index contributed by atoms with van der Waals surface area (Å²) < 4.78 is 5.65. The van der Waals surface area contributed by atoms with Crippen molar-refractivity contribution in [2.75, 3.05) is 19.7 Å². The molecule has 0 radical (unpaired) electrons. The Morgan fingerprint density at radius 1 is 1.36 bits per heavy atom. The van der Waals surface area contributed by atoms with Gasteiger partial charge in [-0.3, -0.25) is 4.79 Å². The molecule has 1 fully saturated rings. The van der Waals surface area contributed by atoms with E-state index < -0.39 is 0 Å². The molecule has 2 aromatic rings. The van der Waals surface area contributed by atoms with Crippen LogP contribution in [0.25, 0.3) is 10.2 Å². The molecule has 0 aliphatic carbocycles. The molecule has 6 heteroatoms. The Hall–Kier alpha value is -1.53. The van der Waals surface area contributed by atoms with E-state index in [-0.39, 0.29) is 12.0 Å². The van der Waals surface area contributed by atoms with E-state index in [2.05, 4.69) is 16.9 Å². The second-order valence-corrected chi connectivity index (χ2v) is 6.74. The summed E-state index contributed by atoms with van der Waals surface area (Å²) in [6.45, 7) is 9.90. The fourth-order valence-electron chi connectivity index (χ4n) is 2.97. The van der Waals surface area contributed by atoms with Crippen LogP contribution in [0.2, 0.25) is 0 Å². The van der Waals surface area contributed by atoms with Crippen molar-refractivity contribution >= 4 is 27.5 Å². The van der Waals surface area contributed by atoms with E-state index in [9.17, 15) is 4.79 Å². The molecule has 0 aromatic carbocycles. The molecule has 0 saturated carbocycles. The topological polar surface area (TPSA) is 55.3 Å². The minimum atomic E-state index is 0.0966. The van der Waals surface area contributed by atoms with Gasteiger partial charge in [0, 0.05) is 24.2 Å². The minimum Gasteiger partial charge on any atom is -0.375 e. The highest BCUT2D eigenvalue weighted by atomic mass is 32.1. The van der Waals surface area contributed by atoms with Crippen LogP contribution < -0.4 is 0 Å². The quantitative estimate of drug-likeness (QED) is 0.854. The van der Waals surface area contributed by atoms with Crippen molar-refractivity contribution in [1.82, 2.24) is 14.9 Å². The van der Waals surface area contributed by atoms with Gasteiger partial charge in [0.15, 0.2) is 0 Å². The van der Waals surface area contributed by atoms with E-state index in [1.807, 2.05) is 25.7 Å². The third-order valence-electron chi connectivity index (χ3n) is 4.16. The maximum atomic E-state index is 12.9. The standard InChI is InChI=1S/C16H21N3O2S/c1-5-12-8-19(6-7-21-12)16(20)14-9(2)13-10(3)17-11(4)18-15(13)22-14/h12H,5-8H2,1-4H3. The zero-order valence-corrected chi connectivity index (χ0v) is 14.3.